The van der Waals surface area contributed by atoms with Gasteiger partial charge in [0.05, 0.1) is 17.4 Å². The first kappa shape index (κ1) is 20.2. The van der Waals surface area contributed by atoms with Gasteiger partial charge >= 0.3 is 6.16 Å². The van der Waals surface area contributed by atoms with Crippen LogP contribution in [-0.2, 0) is 11.3 Å². The van der Waals surface area contributed by atoms with E-state index in [0.717, 1.165) is 16.8 Å². The minimum Gasteiger partial charge on any atom is -0.450 e. The van der Waals surface area contributed by atoms with Crippen molar-refractivity contribution in [1.82, 2.24) is 24.8 Å². The van der Waals surface area contributed by atoms with Gasteiger partial charge in [0, 0.05) is 25.2 Å². The van der Waals surface area contributed by atoms with Crippen molar-refractivity contribution in [2.45, 2.75) is 12.6 Å². The Morgan fingerprint density at radius 1 is 1.16 bits per heavy atom. The lowest BCUT2D eigenvalue weighted by Crippen LogP contribution is -2.52. The van der Waals surface area contributed by atoms with Crippen molar-refractivity contribution in [1.29, 1.82) is 0 Å². The van der Waals surface area contributed by atoms with E-state index in [9.17, 15) is 4.79 Å². The summed E-state index contributed by atoms with van der Waals surface area (Å²) in [5.41, 5.74) is 3.30. The predicted molar refractivity (Wildman–Crippen MR) is 115 cm³/mol. The number of halogens is 1. The fraction of sp³-hybridized carbons (Fsp3) is 0.182. The Bertz CT molecular complexity index is 1230. The van der Waals surface area contributed by atoms with Crippen molar-refractivity contribution in [3.63, 3.8) is 0 Å². The van der Waals surface area contributed by atoms with Crippen LogP contribution in [0.4, 0.5) is 4.79 Å². The molecule has 4 aromatic rings. The molecule has 0 radical (unpaired) electrons. The summed E-state index contributed by atoms with van der Waals surface area (Å²) in [5, 5.41) is 17.4. The molecular formula is C22H18ClN5O4. The van der Waals surface area contributed by atoms with Crippen molar-refractivity contribution in [3.8, 4) is 28.5 Å². The van der Waals surface area contributed by atoms with Crippen LogP contribution in [0.2, 0.25) is 5.15 Å². The molecule has 0 bridgehead atoms. The molecule has 0 atom stereocenters. The first-order valence-corrected chi connectivity index (χ1v) is 10.3. The molecule has 0 unspecified atom stereocenters. The molecule has 1 N–H and O–H groups in total. The fourth-order valence-electron chi connectivity index (χ4n) is 3.56. The summed E-state index contributed by atoms with van der Waals surface area (Å²) in [6, 6.07) is 17.4. The molecule has 0 saturated carbocycles. The number of rotatable bonds is 6. The standard InChI is InChI=1S/C22H18ClN5O4/c23-19-18(10-24-28(19)16-4-2-1-3-5-16)21-25-20(26-32-21)15-8-6-14(7-9-15)11-27-12-17(13-27)31-22(29)30/h1-10,17H,11-13H2,(H,29,30). The van der Waals surface area contributed by atoms with Crippen LogP contribution >= 0.6 is 11.6 Å². The molecule has 162 valence electrons. The van der Waals surface area contributed by atoms with Crippen LogP contribution in [0, 0.1) is 0 Å². The van der Waals surface area contributed by atoms with E-state index < -0.39 is 6.16 Å². The van der Waals surface area contributed by atoms with Gasteiger partial charge in [0.1, 0.15) is 11.3 Å². The van der Waals surface area contributed by atoms with Gasteiger partial charge in [-0.15, -0.1) is 0 Å². The largest absolute Gasteiger partial charge is 0.506 e. The molecule has 1 aliphatic rings. The number of nitrogens with zero attached hydrogens (tertiary/aromatic N) is 5. The first-order chi connectivity index (χ1) is 15.6. The van der Waals surface area contributed by atoms with Crippen molar-refractivity contribution < 1.29 is 19.2 Å². The highest BCUT2D eigenvalue weighted by atomic mass is 35.5. The minimum atomic E-state index is -1.23. The van der Waals surface area contributed by atoms with Crippen molar-refractivity contribution in [3.05, 3.63) is 71.5 Å². The minimum absolute atomic E-state index is 0.248. The summed E-state index contributed by atoms with van der Waals surface area (Å²) in [6.45, 7) is 1.91. The highest BCUT2D eigenvalue weighted by Gasteiger charge is 2.29. The van der Waals surface area contributed by atoms with Crippen molar-refractivity contribution in [2.24, 2.45) is 0 Å². The maximum atomic E-state index is 10.5. The molecule has 0 spiro atoms. The predicted octanol–water partition coefficient (Wildman–Crippen LogP) is 4.12. The zero-order valence-corrected chi connectivity index (χ0v) is 17.5. The third-order valence-corrected chi connectivity index (χ3v) is 5.54. The maximum absolute atomic E-state index is 10.5. The highest BCUT2D eigenvalue weighted by Crippen LogP contribution is 2.30. The Hall–Kier alpha value is -3.69. The first-order valence-electron chi connectivity index (χ1n) is 9.91. The molecule has 5 rings (SSSR count). The van der Waals surface area contributed by atoms with E-state index >= 15 is 0 Å². The number of hydrogen-bond donors (Lipinski definition) is 1. The molecule has 10 heteroatoms. The molecule has 0 amide bonds. The van der Waals surface area contributed by atoms with Crippen molar-refractivity contribution in [2.75, 3.05) is 13.1 Å². The van der Waals surface area contributed by atoms with E-state index in [4.69, 9.17) is 26.0 Å². The van der Waals surface area contributed by atoms with Gasteiger partial charge in [-0.05, 0) is 17.7 Å². The molecular weight excluding hydrogens is 434 g/mol. The lowest BCUT2D eigenvalue weighted by Gasteiger charge is -2.37. The summed E-state index contributed by atoms with van der Waals surface area (Å²) >= 11 is 6.50. The highest BCUT2D eigenvalue weighted by molar-refractivity contribution is 6.32. The second kappa shape index (κ2) is 8.45. The molecule has 2 aromatic heterocycles. The van der Waals surface area contributed by atoms with Gasteiger partial charge in [-0.3, -0.25) is 4.90 Å². The van der Waals surface area contributed by atoms with Gasteiger partial charge in [-0.2, -0.15) is 10.1 Å². The average Bonchev–Trinajstić information content (AvgIpc) is 3.40. The smallest absolute Gasteiger partial charge is 0.450 e. The number of likely N-dealkylation sites (tertiary alicyclic amines) is 1. The monoisotopic (exact) mass is 451 g/mol. The third kappa shape index (κ3) is 4.08. The van der Waals surface area contributed by atoms with E-state index in [-0.39, 0.29) is 6.10 Å². The summed E-state index contributed by atoms with van der Waals surface area (Å²) < 4.78 is 11.8. The van der Waals surface area contributed by atoms with Crippen molar-refractivity contribution >= 4 is 17.8 Å². The van der Waals surface area contributed by atoms with Gasteiger partial charge in [-0.25, -0.2) is 9.48 Å². The number of carbonyl (C=O) groups is 1. The average molecular weight is 452 g/mol. The summed E-state index contributed by atoms with van der Waals surface area (Å²) in [4.78, 5) is 17.1. The molecule has 1 fully saturated rings. The van der Waals surface area contributed by atoms with Crippen LogP contribution in [0.3, 0.4) is 0 Å². The Morgan fingerprint density at radius 3 is 2.62 bits per heavy atom. The molecule has 1 aliphatic heterocycles. The SMILES string of the molecule is O=C(O)OC1CN(Cc2ccc(-c3noc(-c4cnn(-c5ccccc5)c4Cl)n3)cc2)C1. The van der Waals surface area contributed by atoms with Crippen LogP contribution in [0.25, 0.3) is 28.5 Å². The van der Waals surface area contributed by atoms with Crippen LogP contribution in [-0.4, -0.2) is 55.3 Å². The summed E-state index contributed by atoms with van der Waals surface area (Å²) in [6.07, 6.45) is 0.124. The number of carboxylic acid groups (broad SMARTS) is 1. The van der Waals surface area contributed by atoms with E-state index in [1.165, 1.54) is 0 Å². The molecule has 2 aromatic carbocycles. The number of benzene rings is 2. The normalized spacial score (nSPS) is 14.3. The lowest BCUT2D eigenvalue weighted by molar-refractivity contribution is -0.0363. The Kier molecular flexibility index (Phi) is 5.34. The van der Waals surface area contributed by atoms with Gasteiger partial charge < -0.3 is 14.4 Å². The van der Waals surface area contributed by atoms with Crippen LogP contribution < -0.4 is 0 Å². The third-order valence-electron chi connectivity index (χ3n) is 5.18. The van der Waals surface area contributed by atoms with E-state index in [2.05, 4.69) is 20.1 Å². The summed E-state index contributed by atoms with van der Waals surface area (Å²) in [7, 11) is 0. The number of aromatic nitrogens is 4. The Labute approximate surface area is 187 Å². The van der Waals surface area contributed by atoms with E-state index in [1.807, 2.05) is 54.6 Å². The zero-order chi connectivity index (χ0) is 22.1. The second-order valence-electron chi connectivity index (χ2n) is 7.42. The molecule has 3 heterocycles. The quantitative estimate of drug-likeness (QED) is 0.436. The zero-order valence-electron chi connectivity index (χ0n) is 16.8. The second-order valence-corrected chi connectivity index (χ2v) is 7.77. The van der Waals surface area contributed by atoms with Gasteiger partial charge in [0.2, 0.25) is 5.82 Å². The number of ether oxygens (including phenoxy) is 1. The van der Waals surface area contributed by atoms with Gasteiger partial charge in [-0.1, -0.05) is 59.2 Å². The topological polar surface area (TPSA) is 107 Å². The number of para-hydroxylation sites is 1. The van der Waals surface area contributed by atoms with E-state index in [1.54, 1.807) is 10.9 Å². The van der Waals surface area contributed by atoms with Gasteiger partial charge in [0.25, 0.3) is 5.89 Å². The van der Waals surface area contributed by atoms with Crippen LogP contribution in [0.5, 0.6) is 0 Å². The van der Waals surface area contributed by atoms with Crippen LogP contribution in [0.15, 0.2) is 65.3 Å². The summed E-state index contributed by atoms with van der Waals surface area (Å²) in [5.74, 6) is 0.746. The number of hydrogen-bond acceptors (Lipinski definition) is 7. The molecule has 9 nitrogen and oxygen atoms in total. The Morgan fingerprint density at radius 2 is 1.91 bits per heavy atom. The van der Waals surface area contributed by atoms with Gasteiger partial charge in [0.15, 0.2) is 0 Å². The molecule has 1 saturated heterocycles. The lowest BCUT2D eigenvalue weighted by atomic mass is 10.1. The fourth-order valence-corrected chi connectivity index (χ4v) is 3.83. The van der Waals surface area contributed by atoms with E-state index in [0.29, 0.717) is 42.1 Å². The Balaban J connectivity index is 1.26. The maximum Gasteiger partial charge on any atom is 0.506 e. The molecule has 32 heavy (non-hydrogen) atoms. The van der Waals surface area contributed by atoms with Crippen LogP contribution in [0.1, 0.15) is 5.56 Å². The molecule has 0 aliphatic carbocycles.